The minimum atomic E-state index is -3.95. The summed E-state index contributed by atoms with van der Waals surface area (Å²) in [5.74, 6) is 2.60. The second kappa shape index (κ2) is 6.02. The van der Waals surface area contributed by atoms with Crippen molar-refractivity contribution in [1.82, 2.24) is 4.31 Å². The van der Waals surface area contributed by atoms with Crippen LogP contribution in [-0.4, -0.2) is 30.7 Å². The quantitative estimate of drug-likeness (QED) is 0.456. The zero-order chi connectivity index (χ0) is 15.6. The molecule has 1 aliphatic rings. The highest BCUT2D eigenvalue weighted by molar-refractivity contribution is 7.89. The maximum Gasteiger partial charge on any atom is 0.270 e. The van der Waals surface area contributed by atoms with E-state index < -0.39 is 14.9 Å². The van der Waals surface area contributed by atoms with Gasteiger partial charge in [0, 0.05) is 18.7 Å². The number of nitrogens with zero attached hydrogens (tertiary/aromatic N) is 2. The van der Waals surface area contributed by atoms with E-state index in [0.717, 1.165) is 29.3 Å². The molecule has 0 heterocycles. The fourth-order valence-electron chi connectivity index (χ4n) is 1.88. The van der Waals surface area contributed by atoms with Gasteiger partial charge in [-0.05, 0) is 24.8 Å². The first-order chi connectivity index (χ1) is 9.86. The number of benzene rings is 1. The van der Waals surface area contributed by atoms with Crippen molar-refractivity contribution < 1.29 is 13.3 Å². The molecule has 21 heavy (non-hydrogen) atoms. The average Bonchev–Trinajstić information content (AvgIpc) is 3.22. The second-order valence-electron chi connectivity index (χ2n) is 4.82. The zero-order valence-corrected chi connectivity index (χ0v) is 12.6. The Morgan fingerprint density at radius 1 is 1.48 bits per heavy atom. The third kappa shape index (κ3) is 3.53. The van der Waals surface area contributed by atoms with Gasteiger partial charge in [0.05, 0.1) is 16.5 Å². The van der Waals surface area contributed by atoms with E-state index in [2.05, 4.69) is 5.92 Å². The van der Waals surface area contributed by atoms with Crippen molar-refractivity contribution in [3.63, 3.8) is 0 Å². The number of non-ortho nitro benzene ring substituents is 1. The van der Waals surface area contributed by atoms with Gasteiger partial charge >= 0.3 is 0 Å². The lowest BCUT2D eigenvalue weighted by atomic mass is 10.3. The van der Waals surface area contributed by atoms with Crippen LogP contribution in [-0.2, 0) is 10.0 Å². The maximum absolute atomic E-state index is 12.6. The molecular formula is C13H13ClN2O4S. The molecule has 1 aliphatic carbocycles. The molecule has 6 nitrogen and oxygen atoms in total. The first-order valence-electron chi connectivity index (χ1n) is 6.24. The van der Waals surface area contributed by atoms with Gasteiger partial charge in [0.2, 0.25) is 10.0 Å². The summed E-state index contributed by atoms with van der Waals surface area (Å²) in [6, 6.07) is 3.33. The van der Waals surface area contributed by atoms with E-state index in [9.17, 15) is 18.5 Å². The molecule has 0 radical (unpaired) electrons. The number of terminal acetylenes is 1. The van der Waals surface area contributed by atoms with Crippen LogP contribution < -0.4 is 0 Å². The van der Waals surface area contributed by atoms with Crippen LogP contribution in [0.1, 0.15) is 12.8 Å². The van der Waals surface area contributed by atoms with Gasteiger partial charge in [-0.25, -0.2) is 8.42 Å². The Hall–Kier alpha value is -1.62. The smallest absolute Gasteiger partial charge is 0.258 e. The Kier molecular flexibility index (Phi) is 4.52. The zero-order valence-electron chi connectivity index (χ0n) is 11.0. The SMILES string of the molecule is C#CCN(CC1CC1)S(=O)(=O)c1cc([N+](=O)[O-])ccc1Cl. The Labute approximate surface area is 127 Å². The Morgan fingerprint density at radius 2 is 2.14 bits per heavy atom. The number of halogens is 1. The molecule has 0 saturated heterocycles. The molecular weight excluding hydrogens is 316 g/mol. The van der Waals surface area contributed by atoms with Crippen molar-refractivity contribution in [1.29, 1.82) is 0 Å². The molecule has 0 N–H and O–H groups in total. The molecule has 1 saturated carbocycles. The van der Waals surface area contributed by atoms with Crippen LogP contribution in [0.2, 0.25) is 5.02 Å². The van der Waals surface area contributed by atoms with Gasteiger partial charge in [0.15, 0.2) is 0 Å². The van der Waals surface area contributed by atoms with Gasteiger partial charge in [-0.15, -0.1) is 6.42 Å². The van der Waals surface area contributed by atoms with Gasteiger partial charge in [-0.2, -0.15) is 4.31 Å². The van der Waals surface area contributed by atoms with Crippen LogP contribution in [0.25, 0.3) is 0 Å². The minimum Gasteiger partial charge on any atom is -0.258 e. The lowest BCUT2D eigenvalue weighted by Crippen LogP contribution is -2.33. The van der Waals surface area contributed by atoms with E-state index in [0.29, 0.717) is 12.5 Å². The summed E-state index contributed by atoms with van der Waals surface area (Å²) >= 11 is 5.90. The molecule has 0 atom stereocenters. The largest absolute Gasteiger partial charge is 0.270 e. The summed E-state index contributed by atoms with van der Waals surface area (Å²) < 4.78 is 26.4. The van der Waals surface area contributed by atoms with Gasteiger partial charge in [0.1, 0.15) is 4.90 Å². The Morgan fingerprint density at radius 3 is 2.67 bits per heavy atom. The summed E-state index contributed by atoms with van der Waals surface area (Å²) in [4.78, 5) is 9.85. The lowest BCUT2D eigenvalue weighted by molar-refractivity contribution is -0.385. The monoisotopic (exact) mass is 328 g/mol. The lowest BCUT2D eigenvalue weighted by Gasteiger charge is -2.20. The minimum absolute atomic E-state index is 0.0570. The topological polar surface area (TPSA) is 80.5 Å². The molecule has 0 amide bonds. The van der Waals surface area contributed by atoms with E-state index in [1.807, 2.05) is 0 Å². The molecule has 8 heteroatoms. The standard InChI is InChI=1S/C13H13ClN2O4S/c1-2-7-15(9-10-3-4-10)21(19,20)13-8-11(16(17)18)5-6-12(13)14/h1,5-6,8,10H,3-4,7,9H2. The highest BCUT2D eigenvalue weighted by Crippen LogP contribution is 2.33. The summed E-state index contributed by atoms with van der Waals surface area (Å²) in [6.07, 6.45) is 7.13. The van der Waals surface area contributed by atoms with Crippen molar-refractivity contribution in [2.75, 3.05) is 13.1 Å². The number of sulfonamides is 1. The van der Waals surface area contributed by atoms with E-state index in [1.165, 1.54) is 6.07 Å². The van der Waals surface area contributed by atoms with Crippen LogP contribution in [0.5, 0.6) is 0 Å². The highest BCUT2D eigenvalue weighted by Gasteiger charge is 2.33. The average molecular weight is 329 g/mol. The predicted molar refractivity (Wildman–Crippen MR) is 78.4 cm³/mol. The highest BCUT2D eigenvalue weighted by atomic mass is 35.5. The molecule has 1 aromatic carbocycles. The fraction of sp³-hybridized carbons (Fsp3) is 0.385. The Balaban J connectivity index is 2.43. The van der Waals surface area contributed by atoms with Gasteiger partial charge in [0.25, 0.3) is 5.69 Å². The van der Waals surface area contributed by atoms with Crippen LogP contribution in [0.3, 0.4) is 0 Å². The first kappa shape index (κ1) is 15.8. The molecule has 0 aromatic heterocycles. The summed E-state index contributed by atoms with van der Waals surface area (Å²) in [5.41, 5.74) is -0.329. The normalized spacial score (nSPS) is 14.9. The van der Waals surface area contributed by atoms with Crippen molar-refractivity contribution in [2.45, 2.75) is 17.7 Å². The number of nitro groups is 1. The van der Waals surface area contributed by atoms with Crippen LogP contribution in [0, 0.1) is 28.4 Å². The van der Waals surface area contributed by atoms with E-state index in [1.54, 1.807) is 0 Å². The third-order valence-electron chi connectivity index (χ3n) is 3.17. The van der Waals surface area contributed by atoms with E-state index in [4.69, 9.17) is 18.0 Å². The van der Waals surface area contributed by atoms with Crippen LogP contribution in [0.4, 0.5) is 5.69 Å². The van der Waals surface area contributed by atoms with E-state index >= 15 is 0 Å². The Bertz CT molecular complexity index is 707. The fourth-order valence-corrected chi connectivity index (χ4v) is 3.80. The molecule has 1 fully saturated rings. The number of hydrogen-bond donors (Lipinski definition) is 0. The van der Waals surface area contributed by atoms with Crippen molar-refractivity contribution in [2.24, 2.45) is 5.92 Å². The van der Waals surface area contributed by atoms with Crippen molar-refractivity contribution in [3.8, 4) is 12.3 Å². The second-order valence-corrected chi connectivity index (χ2v) is 7.13. The number of rotatable bonds is 6. The predicted octanol–water partition coefficient (Wildman–Crippen LogP) is 2.28. The van der Waals surface area contributed by atoms with Crippen molar-refractivity contribution in [3.05, 3.63) is 33.3 Å². The first-order valence-corrected chi connectivity index (χ1v) is 8.05. The summed E-state index contributed by atoms with van der Waals surface area (Å²) in [7, 11) is -3.95. The molecule has 112 valence electrons. The van der Waals surface area contributed by atoms with Gasteiger partial charge in [-0.1, -0.05) is 17.5 Å². The van der Waals surface area contributed by atoms with Crippen LogP contribution >= 0.6 is 11.6 Å². The third-order valence-corrected chi connectivity index (χ3v) is 5.46. The molecule has 1 aromatic rings. The molecule has 0 spiro atoms. The summed E-state index contributed by atoms with van der Waals surface area (Å²) in [6.45, 7) is 0.226. The maximum atomic E-state index is 12.6. The van der Waals surface area contributed by atoms with Gasteiger partial charge in [-0.3, -0.25) is 10.1 Å². The number of nitro benzene ring substituents is 1. The van der Waals surface area contributed by atoms with E-state index in [-0.39, 0.29) is 22.2 Å². The molecule has 0 unspecified atom stereocenters. The molecule has 0 bridgehead atoms. The number of hydrogen-bond acceptors (Lipinski definition) is 4. The summed E-state index contributed by atoms with van der Waals surface area (Å²) in [5, 5.41) is 10.7. The van der Waals surface area contributed by atoms with Crippen molar-refractivity contribution >= 4 is 27.3 Å². The van der Waals surface area contributed by atoms with Gasteiger partial charge < -0.3 is 0 Å². The molecule has 2 rings (SSSR count). The molecule has 0 aliphatic heterocycles. The van der Waals surface area contributed by atoms with Crippen LogP contribution in [0.15, 0.2) is 23.1 Å².